The van der Waals surface area contributed by atoms with Crippen LogP contribution in [0.25, 0.3) is 0 Å². The zero-order chi connectivity index (χ0) is 14.4. The lowest BCUT2D eigenvalue weighted by Gasteiger charge is -2.12. The molecule has 0 aliphatic rings. The summed E-state index contributed by atoms with van der Waals surface area (Å²) in [7, 11) is 0. The van der Waals surface area contributed by atoms with Gasteiger partial charge in [-0.1, -0.05) is 35.9 Å². The summed E-state index contributed by atoms with van der Waals surface area (Å²) in [6.07, 6.45) is 1.17. The molecule has 0 saturated heterocycles. The molecule has 2 N–H and O–H groups in total. The number of aryl methyl sites for hydroxylation is 1. The third-order valence-corrected chi connectivity index (χ3v) is 3.88. The molecule has 0 bridgehead atoms. The van der Waals surface area contributed by atoms with Crippen molar-refractivity contribution in [3.8, 4) is 0 Å². The molecule has 0 saturated carbocycles. The molecule has 2 aromatic rings. The van der Waals surface area contributed by atoms with Gasteiger partial charge in [0.15, 0.2) is 0 Å². The maximum atomic E-state index is 12.1. The van der Waals surface area contributed by atoms with Crippen LogP contribution in [0.2, 0.25) is 0 Å². The van der Waals surface area contributed by atoms with E-state index in [9.17, 15) is 4.79 Å². The van der Waals surface area contributed by atoms with E-state index < -0.39 is 5.25 Å². The van der Waals surface area contributed by atoms with Crippen LogP contribution in [0.5, 0.6) is 0 Å². The average Bonchev–Trinajstić information content (AvgIpc) is 2.48. The number of hydrogen-bond acceptors (Lipinski definition) is 3. The largest absolute Gasteiger partial charge is 0.325 e. The highest BCUT2D eigenvalue weighted by Gasteiger charge is 2.17. The van der Waals surface area contributed by atoms with E-state index in [1.54, 1.807) is 0 Å². The number of thioether (sulfide) groups is 1. The van der Waals surface area contributed by atoms with Crippen LogP contribution in [0.1, 0.15) is 5.56 Å². The minimum Gasteiger partial charge on any atom is -0.325 e. The molecule has 2 aromatic carbocycles. The van der Waals surface area contributed by atoms with Gasteiger partial charge in [-0.05, 0) is 31.2 Å². The topological polar surface area (TPSA) is 53.0 Å². The Bertz CT molecular complexity index is 581. The first-order valence-corrected chi connectivity index (χ1v) is 7.17. The Labute approximate surface area is 122 Å². The summed E-state index contributed by atoms with van der Waals surface area (Å²) in [4.78, 5) is 13.1. The molecule has 0 aliphatic carbocycles. The molecule has 2 rings (SSSR count). The molecule has 102 valence electrons. The smallest absolute Gasteiger partial charge is 0.243 e. The second-order valence-electron chi connectivity index (χ2n) is 4.37. The lowest BCUT2D eigenvalue weighted by Crippen LogP contribution is -2.26. The van der Waals surface area contributed by atoms with Crippen LogP contribution in [0, 0.1) is 12.3 Å². The minimum atomic E-state index is -0.529. The lowest BCUT2D eigenvalue weighted by molar-refractivity contribution is -0.114. The Hall–Kier alpha value is -2.07. The first kappa shape index (κ1) is 14.3. The Balaban J connectivity index is 2.02. The van der Waals surface area contributed by atoms with Crippen molar-refractivity contribution in [1.29, 1.82) is 5.41 Å². The summed E-state index contributed by atoms with van der Waals surface area (Å²) in [5.41, 5.74) is 1.89. The normalized spacial score (nSPS) is 11.7. The molecule has 1 atom stereocenters. The van der Waals surface area contributed by atoms with Gasteiger partial charge in [0.05, 0.1) is 0 Å². The molecular formula is C16H16N2OS. The molecule has 20 heavy (non-hydrogen) atoms. The fourth-order valence-corrected chi connectivity index (χ4v) is 2.50. The number of rotatable bonds is 5. The first-order chi connectivity index (χ1) is 9.69. The van der Waals surface area contributed by atoms with E-state index in [2.05, 4.69) is 5.32 Å². The Morgan fingerprint density at radius 3 is 2.40 bits per heavy atom. The highest BCUT2D eigenvalue weighted by molar-refractivity contribution is 8.01. The number of anilines is 1. The van der Waals surface area contributed by atoms with Crippen molar-refractivity contribution in [2.24, 2.45) is 0 Å². The third kappa shape index (κ3) is 3.96. The standard InChI is InChI=1S/C16H16N2OS/c1-12-7-9-13(10-8-12)18-16(19)15(11-17)20-14-5-3-2-4-6-14/h2-11,15,17H,1H3,(H,18,19). The van der Waals surface area contributed by atoms with E-state index in [0.29, 0.717) is 0 Å². The summed E-state index contributed by atoms with van der Waals surface area (Å²) in [5, 5.41) is 9.73. The van der Waals surface area contributed by atoms with E-state index in [1.165, 1.54) is 18.0 Å². The lowest BCUT2D eigenvalue weighted by atomic mass is 10.2. The van der Waals surface area contributed by atoms with Crippen LogP contribution in [0.3, 0.4) is 0 Å². The first-order valence-electron chi connectivity index (χ1n) is 6.29. The average molecular weight is 284 g/mol. The predicted octanol–water partition coefficient (Wildman–Crippen LogP) is 3.74. The summed E-state index contributed by atoms with van der Waals surface area (Å²) in [6, 6.07) is 17.2. The predicted molar refractivity (Wildman–Crippen MR) is 84.7 cm³/mol. The van der Waals surface area contributed by atoms with Crippen molar-refractivity contribution >= 4 is 29.6 Å². The summed E-state index contributed by atoms with van der Waals surface area (Å²) in [5.74, 6) is -0.183. The number of nitrogens with one attached hydrogen (secondary N) is 2. The van der Waals surface area contributed by atoms with Gasteiger partial charge in [0.2, 0.25) is 5.91 Å². The van der Waals surface area contributed by atoms with Crippen molar-refractivity contribution < 1.29 is 4.79 Å². The van der Waals surface area contributed by atoms with Gasteiger partial charge in [-0.15, -0.1) is 11.8 Å². The molecule has 0 fully saturated rings. The molecule has 0 spiro atoms. The molecule has 0 radical (unpaired) electrons. The Morgan fingerprint density at radius 2 is 1.80 bits per heavy atom. The Morgan fingerprint density at radius 1 is 1.15 bits per heavy atom. The fourth-order valence-electron chi connectivity index (χ4n) is 1.66. The molecule has 1 unspecified atom stereocenters. The van der Waals surface area contributed by atoms with Crippen molar-refractivity contribution in [2.75, 3.05) is 5.32 Å². The van der Waals surface area contributed by atoms with E-state index in [4.69, 9.17) is 5.41 Å². The molecule has 0 heterocycles. The second-order valence-corrected chi connectivity index (χ2v) is 5.59. The quantitative estimate of drug-likeness (QED) is 0.649. The SMILES string of the molecule is Cc1ccc(NC(=O)C(C=N)Sc2ccccc2)cc1. The molecule has 0 aromatic heterocycles. The van der Waals surface area contributed by atoms with E-state index >= 15 is 0 Å². The fraction of sp³-hybridized carbons (Fsp3) is 0.125. The minimum absolute atomic E-state index is 0.183. The summed E-state index contributed by atoms with van der Waals surface area (Å²) >= 11 is 1.36. The van der Waals surface area contributed by atoms with Gasteiger partial charge >= 0.3 is 0 Å². The van der Waals surface area contributed by atoms with Gasteiger partial charge in [-0.3, -0.25) is 4.79 Å². The highest BCUT2D eigenvalue weighted by Crippen LogP contribution is 2.23. The van der Waals surface area contributed by atoms with Gasteiger partial charge in [0, 0.05) is 16.8 Å². The van der Waals surface area contributed by atoms with Crippen molar-refractivity contribution in [3.63, 3.8) is 0 Å². The van der Waals surface area contributed by atoms with Gasteiger partial charge < -0.3 is 10.7 Å². The van der Waals surface area contributed by atoms with Crippen molar-refractivity contribution in [2.45, 2.75) is 17.1 Å². The third-order valence-electron chi connectivity index (χ3n) is 2.74. The van der Waals surface area contributed by atoms with Crippen LogP contribution >= 0.6 is 11.8 Å². The van der Waals surface area contributed by atoms with E-state index in [0.717, 1.165) is 16.1 Å². The summed E-state index contributed by atoms with van der Waals surface area (Å²) < 4.78 is 0. The number of benzene rings is 2. The van der Waals surface area contributed by atoms with Crippen LogP contribution < -0.4 is 5.32 Å². The van der Waals surface area contributed by atoms with Crippen LogP contribution in [0.15, 0.2) is 59.5 Å². The maximum Gasteiger partial charge on any atom is 0.243 e. The van der Waals surface area contributed by atoms with Crippen LogP contribution in [-0.4, -0.2) is 17.4 Å². The summed E-state index contributed by atoms with van der Waals surface area (Å²) in [6.45, 7) is 2.00. The maximum absolute atomic E-state index is 12.1. The number of hydrogen-bond donors (Lipinski definition) is 2. The van der Waals surface area contributed by atoms with Gasteiger partial charge in [-0.2, -0.15) is 0 Å². The van der Waals surface area contributed by atoms with E-state index in [1.807, 2.05) is 61.5 Å². The number of amides is 1. The molecular weight excluding hydrogens is 268 g/mol. The Kier molecular flexibility index (Phi) is 4.96. The number of carbonyl (C=O) groups excluding carboxylic acids is 1. The van der Waals surface area contributed by atoms with Crippen molar-refractivity contribution in [1.82, 2.24) is 0 Å². The molecule has 4 heteroatoms. The molecule has 3 nitrogen and oxygen atoms in total. The van der Waals surface area contributed by atoms with Gasteiger partial charge in [-0.25, -0.2) is 0 Å². The zero-order valence-electron chi connectivity index (χ0n) is 11.2. The monoisotopic (exact) mass is 284 g/mol. The van der Waals surface area contributed by atoms with Gasteiger partial charge in [0.25, 0.3) is 0 Å². The molecule has 0 aliphatic heterocycles. The number of carbonyl (C=O) groups is 1. The van der Waals surface area contributed by atoms with Crippen LogP contribution in [-0.2, 0) is 4.79 Å². The van der Waals surface area contributed by atoms with Crippen LogP contribution in [0.4, 0.5) is 5.69 Å². The van der Waals surface area contributed by atoms with Crippen molar-refractivity contribution in [3.05, 3.63) is 60.2 Å². The second kappa shape index (κ2) is 6.91. The zero-order valence-corrected chi connectivity index (χ0v) is 12.0. The molecule has 1 amide bonds. The van der Waals surface area contributed by atoms with Gasteiger partial charge in [0.1, 0.15) is 5.25 Å². The highest BCUT2D eigenvalue weighted by atomic mass is 32.2. The van der Waals surface area contributed by atoms with E-state index in [-0.39, 0.29) is 5.91 Å².